The van der Waals surface area contributed by atoms with E-state index >= 15 is 0 Å². The molecule has 43 heavy (non-hydrogen) atoms. The molecule has 3 aliphatic heterocycles. The standard InChI is InChI=1S/C29H31F3N6O5/c1-41-20-12-17(14-34-15-20)25-21-8-10-37(28(33)40)26(21)27(39)38(35-25)23-13-18(5-6-22(23)29(30,31)32)36-9-7-19(16-36)43-24-4-2-3-11-42-24/h5-6,12-15,19,24H,2-4,7-11,16H2,1H3,(H2,33,40)/t19?,24-/m0/s1. The van der Waals surface area contributed by atoms with Crippen LogP contribution in [0.4, 0.5) is 29.3 Å². The van der Waals surface area contributed by atoms with Gasteiger partial charge in [-0.25, -0.2) is 4.79 Å². The Morgan fingerprint density at radius 3 is 2.70 bits per heavy atom. The number of hydrogen-bond donors (Lipinski definition) is 1. The zero-order chi connectivity index (χ0) is 30.3. The van der Waals surface area contributed by atoms with Gasteiger partial charge in [0.1, 0.15) is 11.4 Å². The normalized spacial score (nSPS) is 20.4. The highest BCUT2D eigenvalue weighted by Gasteiger charge is 2.38. The van der Waals surface area contributed by atoms with Gasteiger partial charge in [-0.15, -0.1) is 0 Å². The number of carbonyl (C=O) groups excluding carboxylic acids is 1. The predicted molar refractivity (Wildman–Crippen MR) is 151 cm³/mol. The maximum absolute atomic E-state index is 14.4. The molecule has 0 radical (unpaired) electrons. The third-order valence-corrected chi connectivity index (χ3v) is 8.02. The van der Waals surface area contributed by atoms with Crippen molar-refractivity contribution >= 4 is 17.4 Å². The lowest BCUT2D eigenvalue weighted by atomic mass is 10.1. The number of amides is 2. The molecular weight excluding hydrogens is 569 g/mol. The van der Waals surface area contributed by atoms with Crippen molar-refractivity contribution in [2.24, 2.45) is 5.73 Å². The third kappa shape index (κ3) is 5.64. The smallest absolute Gasteiger partial charge is 0.418 e. The van der Waals surface area contributed by atoms with E-state index in [2.05, 4.69) is 10.1 Å². The van der Waals surface area contributed by atoms with Gasteiger partial charge in [0.15, 0.2) is 6.29 Å². The number of rotatable bonds is 6. The minimum atomic E-state index is -4.80. The van der Waals surface area contributed by atoms with E-state index in [-0.39, 0.29) is 36.7 Å². The summed E-state index contributed by atoms with van der Waals surface area (Å²) in [5.74, 6) is 0.387. The summed E-state index contributed by atoms with van der Waals surface area (Å²) in [4.78, 5) is 33.3. The molecule has 2 amide bonds. The van der Waals surface area contributed by atoms with E-state index in [1.54, 1.807) is 6.07 Å². The van der Waals surface area contributed by atoms with E-state index in [1.165, 1.54) is 31.6 Å². The van der Waals surface area contributed by atoms with Crippen LogP contribution in [-0.4, -0.2) is 66.5 Å². The number of fused-ring (bicyclic) bond motifs is 1. The van der Waals surface area contributed by atoms with E-state index in [0.29, 0.717) is 53.4 Å². The van der Waals surface area contributed by atoms with Crippen LogP contribution in [0.3, 0.4) is 0 Å². The second-order valence-corrected chi connectivity index (χ2v) is 10.7. The summed E-state index contributed by atoms with van der Waals surface area (Å²) >= 11 is 0. The summed E-state index contributed by atoms with van der Waals surface area (Å²) < 4.78 is 61.0. The fraction of sp³-hybridized carbons (Fsp3) is 0.448. The predicted octanol–water partition coefficient (Wildman–Crippen LogP) is 3.89. The van der Waals surface area contributed by atoms with Crippen LogP contribution in [0.25, 0.3) is 16.9 Å². The van der Waals surface area contributed by atoms with Crippen LogP contribution in [0.5, 0.6) is 5.75 Å². The van der Waals surface area contributed by atoms with Crippen LogP contribution in [0.2, 0.25) is 0 Å². The number of alkyl halides is 3. The molecule has 1 aromatic carbocycles. The molecule has 228 valence electrons. The quantitative estimate of drug-likeness (QED) is 0.452. The molecule has 5 heterocycles. The highest BCUT2D eigenvalue weighted by atomic mass is 19.4. The Morgan fingerprint density at radius 2 is 1.98 bits per heavy atom. The maximum atomic E-state index is 14.4. The van der Waals surface area contributed by atoms with Crippen LogP contribution in [0.15, 0.2) is 41.5 Å². The Bertz CT molecular complexity index is 1590. The van der Waals surface area contributed by atoms with Crippen LogP contribution in [0, 0.1) is 0 Å². The highest BCUT2D eigenvalue weighted by molar-refractivity contribution is 5.94. The highest BCUT2D eigenvalue weighted by Crippen LogP contribution is 2.38. The van der Waals surface area contributed by atoms with Crippen molar-refractivity contribution in [3.63, 3.8) is 0 Å². The van der Waals surface area contributed by atoms with E-state index in [0.717, 1.165) is 30.2 Å². The van der Waals surface area contributed by atoms with E-state index in [9.17, 15) is 22.8 Å². The van der Waals surface area contributed by atoms with Gasteiger partial charge >= 0.3 is 12.2 Å². The minimum absolute atomic E-state index is 0.0854. The van der Waals surface area contributed by atoms with Gasteiger partial charge < -0.3 is 24.8 Å². The van der Waals surface area contributed by atoms with E-state index in [4.69, 9.17) is 19.9 Å². The summed E-state index contributed by atoms with van der Waals surface area (Å²) in [6.45, 7) is 1.73. The van der Waals surface area contributed by atoms with Gasteiger partial charge in [-0.05, 0) is 56.4 Å². The van der Waals surface area contributed by atoms with Crippen LogP contribution >= 0.6 is 0 Å². The number of hydrogen-bond acceptors (Lipinski definition) is 8. The second kappa shape index (κ2) is 11.5. The molecule has 0 saturated carbocycles. The molecule has 2 fully saturated rings. The average molecular weight is 601 g/mol. The van der Waals surface area contributed by atoms with Crippen LogP contribution in [-0.2, 0) is 22.1 Å². The largest absolute Gasteiger partial charge is 0.495 e. The number of carbonyl (C=O) groups is 1. The summed E-state index contributed by atoms with van der Waals surface area (Å²) in [7, 11) is 1.45. The average Bonchev–Trinajstić information content (AvgIpc) is 3.66. The fourth-order valence-corrected chi connectivity index (χ4v) is 5.91. The molecule has 3 aliphatic rings. The maximum Gasteiger partial charge on any atom is 0.418 e. The number of nitrogens with zero attached hydrogens (tertiary/aromatic N) is 5. The van der Waals surface area contributed by atoms with Crippen molar-refractivity contribution in [3.05, 3.63) is 58.1 Å². The molecule has 0 spiro atoms. The summed E-state index contributed by atoms with van der Waals surface area (Å²) in [5, 5.41) is 4.46. The zero-order valence-electron chi connectivity index (χ0n) is 23.5. The monoisotopic (exact) mass is 600 g/mol. The van der Waals surface area contributed by atoms with Crippen molar-refractivity contribution in [2.45, 2.75) is 50.7 Å². The minimum Gasteiger partial charge on any atom is -0.495 e. The first-order valence-corrected chi connectivity index (χ1v) is 14.1. The van der Waals surface area contributed by atoms with Crippen LogP contribution in [0.1, 0.15) is 36.8 Å². The molecule has 14 heteroatoms. The number of primary amides is 1. The molecule has 2 saturated heterocycles. The first-order valence-electron chi connectivity index (χ1n) is 14.1. The van der Waals surface area contributed by atoms with Gasteiger partial charge in [0.25, 0.3) is 5.56 Å². The van der Waals surface area contributed by atoms with E-state index in [1.807, 2.05) is 4.90 Å². The zero-order valence-corrected chi connectivity index (χ0v) is 23.5. The van der Waals surface area contributed by atoms with Gasteiger partial charge in [0, 0.05) is 49.3 Å². The number of benzene rings is 1. The summed E-state index contributed by atoms with van der Waals surface area (Å²) in [6, 6.07) is 4.35. The number of halogens is 3. The molecule has 11 nitrogen and oxygen atoms in total. The van der Waals surface area contributed by atoms with Crippen molar-refractivity contribution < 1.29 is 32.2 Å². The van der Waals surface area contributed by atoms with Gasteiger partial charge in [-0.2, -0.15) is 23.0 Å². The SMILES string of the molecule is COc1cncc(-c2nn(-c3cc(N4CCC(O[C@H]5CCCCO5)C4)ccc3C(F)(F)F)c(=O)c3c2CCN3C(N)=O)c1. The first-order chi connectivity index (χ1) is 20.6. The molecule has 0 aliphatic carbocycles. The molecule has 2 atom stereocenters. The van der Waals surface area contributed by atoms with Crippen molar-refractivity contribution in [2.75, 3.05) is 43.2 Å². The number of nitrogens with two attached hydrogens (primary N) is 1. The number of pyridine rings is 1. The topological polar surface area (TPSA) is 125 Å². The number of urea groups is 1. The molecule has 6 rings (SSSR count). The molecule has 3 aromatic rings. The lowest BCUT2D eigenvalue weighted by molar-refractivity contribution is -0.183. The fourth-order valence-electron chi connectivity index (χ4n) is 5.91. The Morgan fingerprint density at radius 1 is 1.14 bits per heavy atom. The Balaban J connectivity index is 1.45. The Hall–Kier alpha value is -4.17. The van der Waals surface area contributed by atoms with Gasteiger partial charge in [-0.3, -0.25) is 14.7 Å². The number of ether oxygens (including phenoxy) is 3. The lowest BCUT2D eigenvalue weighted by Crippen LogP contribution is -2.39. The van der Waals surface area contributed by atoms with E-state index < -0.39 is 29.0 Å². The third-order valence-electron chi connectivity index (χ3n) is 8.02. The van der Waals surface area contributed by atoms with Crippen molar-refractivity contribution in [1.82, 2.24) is 14.8 Å². The Kier molecular flexibility index (Phi) is 7.73. The number of anilines is 2. The summed E-state index contributed by atoms with van der Waals surface area (Å²) in [5.41, 5.74) is 4.54. The lowest BCUT2D eigenvalue weighted by Gasteiger charge is -2.26. The molecule has 1 unspecified atom stereocenters. The van der Waals surface area contributed by atoms with Gasteiger partial charge in [0.2, 0.25) is 0 Å². The number of aromatic nitrogens is 3. The van der Waals surface area contributed by atoms with Gasteiger partial charge in [-0.1, -0.05) is 0 Å². The molecule has 0 bridgehead atoms. The first kappa shape index (κ1) is 28.9. The van der Waals surface area contributed by atoms with Crippen molar-refractivity contribution in [1.29, 1.82) is 0 Å². The van der Waals surface area contributed by atoms with Gasteiger partial charge in [0.05, 0.1) is 36.4 Å². The molecular formula is C29H31F3N6O5. The van der Waals surface area contributed by atoms with Crippen LogP contribution < -0.4 is 25.8 Å². The molecule has 2 aromatic heterocycles. The summed E-state index contributed by atoms with van der Waals surface area (Å²) in [6.07, 6.45) is 1.43. The number of methoxy groups -OCH3 is 1. The van der Waals surface area contributed by atoms with Crippen molar-refractivity contribution in [3.8, 4) is 22.7 Å². The second-order valence-electron chi connectivity index (χ2n) is 10.7. The molecule has 2 N–H and O–H groups in total. The Labute approximate surface area is 244 Å².